The molecular formula is C7H11NO3. The van der Waals surface area contributed by atoms with Crippen molar-refractivity contribution in [3.8, 4) is 0 Å². The number of carbonyl (C=O) groups is 1. The Labute approximate surface area is 64.9 Å². The van der Waals surface area contributed by atoms with Crippen molar-refractivity contribution in [2.45, 2.75) is 12.5 Å². The number of cyclic esters (lactones) is 1. The van der Waals surface area contributed by atoms with E-state index in [1.54, 1.807) is 0 Å². The fourth-order valence-corrected chi connectivity index (χ4v) is 1.52. The Bertz CT molecular complexity index is 165. The first-order valence-electron chi connectivity index (χ1n) is 3.87. The molecule has 62 valence electrons. The lowest BCUT2D eigenvalue weighted by Crippen LogP contribution is -2.34. The van der Waals surface area contributed by atoms with Crippen LogP contribution in [0.5, 0.6) is 0 Å². The number of hydrogen-bond acceptors (Lipinski definition) is 3. The first-order valence-corrected chi connectivity index (χ1v) is 3.87. The van der Waals surface area contributed by atoms with Gasteiger partial charge in [0.2, 0.25) is 0 Å². The molecule has 0 aliphatic carbocycles. The van der Waals surface area contributed by atoms with Gasteiger partial charge in [-0.2, -0.15) is 0 Å². The monoisotopic (exact) mass is 157 g/mol. The number of rotatable bonds is 1. The molecule has 1 amide bonds. The van der Waals surface area contributed by atoms with Gasteiger partial charge in [0.1, 0.15) is 6.61 Å². The summed E-state index contributed by atoms with van der Waals surface area (Å²) in [7, 11) is 0. The van der Waals surface area contributed by atoms with Crippen molar-refractivity contribution in [3.05, 3.63) is 0 Å². The summed E-state index contributed by atoms with van der Waals surface area (Å²) in [6.45, 7) is 2.08. The highest BCUT2D eigenvalue weighted by Crippen LogP contribution is 2.19. The minimum atomic E-state index is -0.290. The van der Waals surface area contributed by atoms with Crippen LogP contribution in [0, 0.1) is 5.92 Å². The number of ether oxygens (including phenoxy) is 2. The molecule has 0 unspecified atom stereocenters. The van der Waals surface area contributed by atoms with E-state index in [0.29, 0.717) is 12.5 Å². The van der Waals surface area contributed by atoms with Crippen LogP contribution in [0.15, 0.2) is 0 Å². The Hall–Kier alpha value is -0.770. The molecule has 0 bridgehead atoms. The van der Waals surface area contributed by atoms with Gasteiger partial charge >= 0.3 is 6.09 Å². The molecule has 2 aliphatic rings. The summed E-state index contributed by atoms with van der Waals surface area (Å²) in [5.74, 6) is 0.460. The summed E-state index contributed by atoms with van der Waals surface area (Å²) >= 11 is 0. The maximum absolute atomic E-state index is 10.6. The van der Waals surface area contributed by atoms with Crippen LogP contribution in [-0.2, 0) is 9.47 Å². The highest BCUT2D eigenvalue weighted by Gasteiger charge is 2.32. The topological polar surface area (TPSA) is 47.6 Å². The fourth-order valence-electron chi connectivity index (χ4n) is 1.52. The Morgan fingerprint density at radius 3 is 2.91 bits per heavy atom. The summed E-state index contributed by atoms with van der Waals surface area (Å²) in [6.07, 6.45) is 0.746. The summed E-state index contributed by atoms with van der Waals surface area (Å²) in [5, 5.41) is 2.75. The zero-order valence-electron chi connectivity index (χ0n) is 6.21. The summed E-state index contributed by atoms with van der Waals surface area (Å²) < 4.78 is 9.97. The Kier molecular flexibility index (Phi) is 1.69. The van der Waals surface area contributed by atoms with Gasteiger partial charge in [0.05, 0.1) is 12.6 Å². The van der Waals surface area contributed by atoms with Gasteiger partial charge < -0.3 is 14.8 Å². The second kappa shape index (κ2) is 2.70. The third-order valence-electron chi connectivity index (χ3n) is 2.23. The van der Waals surface area contributed by atoms with Crippen LogP contribution >= 0.6 is 0 Å². The molecule has 0 aromatic carbocycles. The second-order valence-electron chi connectivity index (χ2n) is 2.97. The summed E-state index contributed by atoms with van der Waals surface area (Å²) in [6, 6.07) is 0.185. The number of amides is 1. The molecule has 2 atom stereocenters. The average molecular weight is 157 g/mol. The zero-order valence-corrected chi connectivity index (χ0v) is 6.21. The van der Waals surface area contributed by atoms with Gasteiger partial charge in [0, 0.05) is 12.5 Å². The lowest BCUT2D eigenvalue weighted by Gasteiger charge is -2.12. The van der Waals surface area contributed by atoms with E-state index in [2.05, 4.69) is 5.32 Å². The normalized spacial score (nSPS) is 36.9. The van der Waals surface area contributed by atoms with Crippen molar-refractivity contribution in [2.24, 2.45) is 5.92 Å². The quantitative estimate of drug-likeness (QED) is 0.588. The van der Waals surface area contributed by atoms with E-state index in [4.69, 9.17) is 9.47 Å². The number of nitrogens with one attached hydrogen (secondary N) is 1. The molecule has 0 aromatic rings. The van der Waals surface area contributed by atoms with Gasteiger partial charge in [0.25, 0.3) is 0 Å². The standard InChI is InChI=1S/C7H11NO3/c9-7-8-6(4-11-7)5-1-2-10-3-5/h5-6H,1-4H2,(H,8,9)/t5-,6-/m0/s1. The molecule has 0 aromatic heterocycles. The minimum absolute atomic E-state index is 0.185. The van der Waals surface area contributed by atoms with Crippen LogP contribution in [0.1, 0.15) is 6.42 Å². The van der Waals surface area contributed by atoms with Gasteiger partial charge in [-0.15, -0.1) is 0 Å². The van der Waals surface area contributed by atoms with E-state index >= 15 is 0 Å². The fraction of sp³-hybridized carbons (Fsp3) is 0.857. The Morgan fingerprint density at radius 1 is 1.45 bits per heavy atom. The number of alkyl carbamates (subject to hydrolysis) is 1. The van der Waals surface area contributed by atoms with Crippen LogP contribution < -0.4 is 5.32 Å². The molecule has 4 heteroatoms. The van der Waals surface area contributed by atoms with Gasteiger partial charge in [-0.3, -0.25) is 0 Å². The molecule has 0 saturated carbocycles. The van der Waals surface area contributed by atoms with Gasteiger partial charge in [-0.1, -0.05) is 0 Å². The van der Waals surface area contributed by atoms with Crippen molar-refractivity contribution in [3.63, 3.8) is 0 Å². The molecule has 2 heterocycles. The van der Waals surface area contributed by atoms with Crippen LogP contribution in [0.2, 0.25) is 0 Å². The zero-order chi connectivity index (χ0) is 7.68. The van der Waals surface area contributed by atoms with E-state index in [9.17, 15) is 4.79 Å². The molecule has 2 saturated heterocycles. The molecule has 4 nitrogen and oxygen atoms in total. The lowest BCUT2D eigenvalue weighted by molar-refractivity contribution is 0.166. The largest absolute Gasteiger partial charge is 0.447 e. The molecule has 2 fully saturated rings. The van der Waals surface area contributed by atoms with Crippen molar-refractivity contribution in [1.82, 2.24) is 5.32 Å². The van der Waals surface area contributed by atoms with Crippen LogP contribution in [0.3, 0.4) is 0 Å². The van der Waals surface area contributed by atoms with E-state index in [0.717, 1.165) is 19.6 Å². The van der Waals surface area contributed by atoms with E-state index in [1.807, 2.05) is 0 Å². The average Bonchev–Trinajstić information content (AvgIpc) is 2.55. The molecular weight excluding hydrogens is 146 g/mol. The predicted octanol–water partition coefficient (Wildman–Crippen LogP) is 0.131. The van der Waals surface area contributed by atoms with Crippen LogP contribution in [0.25, 0.3) is 0 Å². The molecule has 0 spiro atoms. The molecule has 2 aliphatic heterocycles. The maximum Gasteiger partial charge on any atom is 0.407 e. The van der Waals surface area contributed by atoms with Gasteiger partial charge in [0.15, 0.2) is 0 Å². The van der Waals surface area contributed by atoms with E-state index < -0.39 is 0 Å². The van der Waals surface area contributed by atoms with Crippen molar-refractivity contribution in [2.75, 3.05) is 19.8 Å². The van der Waals surface area contributed by atoms with E-state index in [1.165, 1.54) is 0 Å². The maximum atomic E-state index is 10.6. The van der Waals surface area contributed by atoms with E-state index in [-0.39, 0.29) is 12.1 Å². The molecule has 2 rings (SSSR count). The van der Waals surface area contributed by atoms with Crippen molar-refractivity contribution >= 4 is 6.09 Å². The third kappa shape index (κ3) is 1.30. The van der Waals surface area contributed by atoms with Crippen molar-refractivity contribution < 1.29 is 14.3 Å². The van der Waals surface area contributed by atoms with Gasteiger partial charge in [-0.25, -0.2) is 4.79 Å². The summed E-state index contributed by atoms with van der Waals surface area (Å²) in [4.78, 5) is 10.6. The number of hydrogen-bond donors (Lipinski definition) is 1. The highest BCUT2D eigenvalue weighted by molar-refractivity contribution is 5.69. The SMILES string of the molecule is O=C1N[C@H]([C@H]2CCOC2)CO1. The smallest absolute Gasteiger partial charge is 0.407 e. The second-order valence-corrected chi connectivity index (χ2v) is 2.97. The molecule has 0 radical (unpaired) electrons. The first-order chi connectivity index (χ1) is 5.36. The highest BCUT2D eigenvalue weighted by atomic mass is 16.6. The molecule has 11 heavy (non-hydrogen) atoms. The predicted molar refractivity (Wildman–Crippen MR) is 37.2 cm³/mol. The summed E-state index contributed by atoms with van der Waals surface area (Å²) in [5.41, 5.74) is 0. The van der Waals surface area contributed by atoms with Crippen LogP contribution in [0.4, 0.5) is 4.79 Å². The lowest BCUT2D eigenvalue weighted by atomic mass is 10.0. The number of carbonyl (C=O) groups excluding carboxylic acids is 1. The van der Waals surface area contributed by atoms with Crippen LogP contribution in [-0.4, -0.2) is 32.0 Å². The first kappa shape index (κ1) is 6.91. The van der Waals surface area contributed by atoms with Gasteiger partial charge in [-0.05, 0) is 6.42 Å². The third-order valence-corrected chi connectivity index (χ3v) is 2.23. The van der Waals surface area contributed by atoms with Crippen molar-refractivity contribution in [1.29, 1.82) is 0 Å². The minimum Gasteiger partial charge on any atom is -0.447 e. The molecule has 1 N–H and O–H groups in total. The Morgan fingerprint density at radius 2 is 2.36 bits per heavy atom. The Balaban J connectivity index is 1.90.